The number of urea groups is 1. The number of hydrogen-bond acceptors (Lipinski definition) is 3. The predicted octanol–water partition coefficient (Wildman–Crippen LogP) is 0.838. The van der Waals surface area contributed by atoms with Crippen molar-refractivity contribution < 1.29 is 9.59 Å². The van der Waals surface area contributed by atoms with Crippen LogP contribution in [0.25, 0.3) is 0 Å². The highest BCUT2D eigenvalue weighted by Gasteiger charge is 2.32. The van der Waals surface area contributed by atoms with Gasteiger partial charge in [0.05, 0.1) is 11.6 Å². The Balaban J connectivity index is 2.29. The fraction of sp³-hybridized carbons (Fsp3) is 0.333. The SMILES string of the molecule is CC1CNC(=O)N(c2ccc(CN)cc2)C1=O. The predicted molar refractivity (Wildman–Crippen MR) is 64.4 cm³/mol. The van der Waals surface area contributed by atoms with Crippen molar-refractivity contribution in [3.63, 3.8) is 0 Å². The first-order chi connectivity index (χ1) is 8.13. The molecule has 0 saturated carbocycles. The zero-order valence-corrected chi connectivity index (χ0v) is 9.64. The number of nitrogens with two attached hydrogens (primary N) is 1. The van der Waals surface area contributed by atoms with Crippen molar-refractivity contribution in [2.45, 2.75) is 13.5 Å². The van der Waals surface area contributed by atoms with E-state index in [0.717, 1.165) is 5.56 Å². The molecule has 90 valence electrons. The summed E-state index contributed by atoms with van der Waals surface area (Å²) in [5.74, 6) is -0.365. The van der Waals surface area contributed by atoms with Crippen LogP contribution in [-0.4, -0.2) is 18.5 Å². The number of imide groups is 1. The van der Waals surface area contributed by atoms with E-state index < -0.39 is 0 Å². The number of nitrogens with zero attached hydrogens (tertiary/aromatic N) is 1. The maximum absolute atomic E-state index is 11.9. The zero-order valence-electron chi connectivity index (χ0n) is 9.64. The molecule has 0 bridgehead atoms. The minimum absolute atomic E-state index is 0.172. The molecule has 1 aliphatic rings. The fourth-order valence-electron chi connectivity index (χ4n) is 1.75. The first kappa shape index (κ1) is 11.6. The molecule has 1 atom stereocenters. The van der Waals surface area contributed by atoms with Crippen molar-refractivity contribution >= 4 is 17.6 Å². The summed E-state index contributed by atoms with van der Waals surface area (Å²) in [4.78, 5) is 24.8. The Labute approximate surface area is 99.6 Å². The number of anilines is 1. The highest BCUT2D eigenvalue weighted by molar-refractivity contribution is 6.16. The van der Waals surface area contributed by atoms with Gasteiger partial charge in [0, 0.05) is 13.1 Å². The molecule has 3 amide bonds. The fourth-order valence-corrected chi connectivity index (χ4v) is 1.75. The van der Waals surface area contributed by atoms with Crippen LogP contribution in [0.15, 0.2) is 24.3 Å². The molecule has 1 unspecified atom stereocenters. The summed E-state index contributed by atoms with van der Waals surface area (Å²) in [5.41, 5.74) is 7.04. The molecule has 1 saturated heterocycles. The summed E-state index contributed by atoms with van der Waals surface area (Å²) in [7, 11) is 0. The largest absolute Gasteiger partial charge is 0.337 e. The Morgan fingerprint density at radius 1 is 1.35 bits per heavy atom. The Morgan fingerprint density at radius 3 is 2.59 bits per heavy atom. The molecule has 0 aliphatic carbocycles. The minimum Gasteiger partial charge on any atom is -0.337 e. The van der Waals surface area contributed by atoms with Gasteiger partial charge >= 0.3 is 6.03 Å². The zero-order chi connectivity index (χ0) is 12.4. The number of carbonyl (C=O) groups is 2. The summed E-state index contributed by atoms with van der Waals surface area (Å²) >= 11 is 0. The van der Waals surface area contributed by atoms with E-state index in [9.17, 15) is 9.59 Å². The van der Waals surface area contributed by atoms with Crippen LogP contribution in [0, 0.1) is 5.92 Å². The van der Waals surface area contributed by atoms with Gasteiger partial charge < -0.3 is 11.1 Å². The van der Waals surface area contributed by atoms with E-state index in [1.54, 1.807) is 19.1 Å². The first-order valence-electron chi connectivity index (χ1n) is 5.54. The van der Waals surface area contributed by atoms with E-state index in [0.29, 0.717) is 18.8 Å². The number of hydrogen-bond donors (Lipinski definition) is 2. The molecule has 5 nitrogen and oxygen atoms in total. The second kappa shape index (κ2) is 4.55. The van der Waals surface area contributed by atoms with Gasteiger partial charge in [-0.15, -0.1) is 0 Å². The lowest BCUT2D eigenvalue weighted by Crippen LogP contribution is -2.54. The van der Waals surface area contributed by atoms with Gasteiger partial charge in [0.1, 0.15) is 0 Å². The maximum atomic E-state index is 11.9. The van der Waals surface area contributed by atoms with Crippen LogP contribution in [-0.2, 0) is 11.3 Å². The number of carbonyl (C=O) groups excluding carboxylic acids is 2. The van der Waals surface area contributed by atoms with Crippen LogP contribution in [0.2, 0.25) is 0 Å². The summed E-state index contributed by atoms with van der Waals surface area (Å²) in [6.07, 6.45) is 0. The summed E-state index contributed by atoms with van der Waals surface area (Å²) in [6.45, 7) is 2.63. The highest BCUT2D eigenvalue weighted by Crippen LogP contribution is 2.20. The van der Waals surface area contributed by atoms with Gasteiger partial charge in [0.15, 0.2) is 0 Å². The van der Waals surface area contributed by atoms with Crippen LogP contribution < -0.4 is 16.0 Å². The van der Waals surface area contributed by atoms with E-state index in [2.05, 4.69) is 5.32 Å². The number of rotatable bonds is 2. The lowest BCUT2D eigenvalue weighted by atomic mass is 10.1. The second-order valence-corrected chi connectivity index (χ2v) is 4.13. The smallest absolute Gasteiger partial charge is 0.328 e. The molecule has 3 N–H and O–H groups in total. The summed E-state index contributed by atoms with van der Waals surface area (Å²) in [6, 6.07) is 6.73. The molecule has 1 aromatic carbocycles. The van der Waals surface area contributed by atoms with Crippen LogP contribution in [0.5, 0.6) is 0 Å². The van der Waals surface area contributed by atoms with Crippen molar-refractivity contribution in [3.05, 3.63) is 29.8 Å². The molecule has 0 radical (unpaired) electrons. The van der Waals surface area contributed by atoms with Crippen LogP contribution in [0.4, 0.5) is 10.5 Å². The molecule has 5 heteroatoms. The molecule has 2 rings (SSSR count). The lowest BCUT2D eigenvalue weighted by Gasteiger charge is -2.29. The van der Waals surface area contributed by atoms with Crippen molar-refractivity contribution in [3.8, 4) is 0 Å². The van der Waals surface area contributed by atoms with Crippen LogP contribution in [0.3, 0.4) is 0 Å². The average Bonchev–Trinajstić information content (AvgIpc) is 2.35. The third kappa shape index (κ3) is 2.14. The molecular formula is C12H15N3O2. The highest BCUT2D eigenvalue weighted by atomic mass is 16.2. The summed E-state index contributed by atoms with van der Waals surface area (Å²) < 4.78 is 0. The molecule has 1 heterocycles. The van der Waals surface area contributed by atoms with Gasteiger partial charge in [0.2, 0.25) is 5.91 Å². The molecule has 17 heavy (non-hydrogen) atoms. The Morgan fingerprint density at radius 2 is 2.00 bits per heavy atom. The van der Waals surface area contributed by atoms with E-state index in [1.165, 1.54) is 4.90 Å². The van der Waals surface area contributed by atoms with Crippen molar-refractivity contribution in [2.75, 3.05) is 11.4 Å². The van der Waals surface area contributed by atoms with Crippen LogP contribution in [0.1, 0.15) is 12.5 Å². The summed E-state index contributed by atoms with van der Waals surface area (Å²) in [5, 5.41) is 2.68. The van der Waals surface area contributed by atoms with Gasteiger partial charge in [-0.25, -0.2) is 9.69 Å². The number of nitrogens with one attached hydrogen (secondary N) is 1. The van der Waals surface area contributed by atoms with E-state index in [-0.39, 0.29) is 17.9 Å². The molecule has 0 spiro atoms. The van der Waals surface area contributed by atoms with Crippen LogP contribution >= 0.6 is 0 Å². The lowest BCUT2D eigenvalue weighted by molar-refractivity contribution is -0.121. The minimum atomic E-state index is -0.367. The molecule has 1 aromatic rings. The van der Waals surface area contributed by atoms with Crippen molar-refractivity contribution in [2.24, 2.45) is 11.7 Å². The second-order valence-electron chi connectivity index (χ2n) is 4.13. The van der Waals surface area contributed by atoms with Gasteiger partial charge in [-0.2, -0.15) is 0 Å². The normalized spacial score (nSPS) is 20.4. The monoisotopic (exact) mass is 233 g/mol. The Bertz CT molecular complexity index is 442. The van der Waals surface area contributed by atoms with Crippen molar-refractivity contribution in [1.29, 1.82) is 0 Å². The van der Waals surface area contributed by atoms with E-state index >= 15 is 0 Å². The topological polar surface area (TPSA) is 75.4 Å². The van der Waals surface area contributed by atoms with Crippen molar-refractivity contribution in [1.82, 2.24) is 5.32 Å². The van der Waals surface area contributed by atoms with E-state index in [1.807, 2.05) is 12.1 Å². The molecule has 0 aromatic heterocycles. The molecule has 1 fully saturated rings. The molecule has 1 aliphatic heterocycles. The van der Waals surface area contributed by atoms with Gasteiger partial charge in [-0.1, -0.05) is 19.1 Å². The van der Waals surface area contributed by atoms with Gasteiger partial charge in [0.25, 0.3) is 0 Å². The van der Waals surface area contributed by atoms with E-state index in [4.69, 9.17) is 5.73 Å². The van der Waals surface area contributed by atoms with Gasteiger partial charge in [-0.3, -0.25) is 4.79 Å². The quantitative estimate of drug-likeness (QED) is 0.794. The molecular weight excluding hydrogens is 218 g/mol. The number of amides is 3. The maximum Gasteiger partial charge on any atom is 0.328 e. The standard InChI is InChI=1S/C12H15N3O2/c1-8-7-14-12(17)15(11(8)16)10-4-2-9(6-13)3-5-10/h2-5,8H,6-7,13H2,1H3,(H,14,17). The number of benzene rings is 1. The Hall–Kier alpha value is -1.88. The first-order valence-corrected chi connectivity index (χ1v) is 5.54. The third-order valence-corrected chi connectivity index (χ3v) is 2.83. The average molecular weight is 233 g/mol. The van der Waals surface area contributed by atoms with Gasteiger partial charge in [-0.05, 0) is 17.7 Å². The third-order valence-electron chi connectivity index (χ3n) is 2.83. The Kier molecular flexibility index (Phi) is 3.10.